The summed E-state index contributed by atoms with van der Waals surface area (Å²) in [5.41, 5.74) is -1.71. The number of alkyl halides is 3. The fourth-order valence-corrected chi connectivity index (χ4v) is 5.89. The zero-order chi connectivity index (χ0) is 26.3. The molecule has 7 nitrogen and oxygen atoms in total. The third kappa shape index (κ3) is 5.47. The monoisotopic (exact) mass is 540 g/mol. The summed E-state index contributed by atoms with van der Waals surface area (Å²) in [6, 6.07) is 5.72. The summed E-state index contributed by atoms with van der Waals surface area (Å²) in [6.45, 7) is 3.86. The maximum Gasteiger partial charge on any atom is 0.433 e. The first-order valence-corrected chi connectivity index (χ1v) is 12.2. The number of thiazole rings is 1. The number of rotatable bonds is 5. The lowest BCUT2D eigenvalue weighted by Gasteiger charge is -2.44. The predicted octanol–water partition coefficient (Wildman–Crippen LogP) is 6.20. The molecule has 2 atom stereocenters. The Bertz CT molecular complexity index is 1280. The van der Waals surface area contributed by atoms with Crippen molar-refractivity contribution in [1.29, 1.82) is 0 Å². The van der Waals surface area contributed by atoms with E-state index >= 15 is 0 Å². The average molecular weight is 541 g/mol. The summed E-state index contributed by atoms with van der Waals surface area (Å²) in [7, 11) is 1.36. The highest BCUT2D eigenvalue weighted by Gasteiger charge is 2.49. The Kier molecular flexibility index (Phi) is 7.02. The van der Waals surface area contributed by atoms with E-state index < -0.39 is 22.9 Å². The van der Waals surface area contributed by atoms with E-state index in [0.717, 1.165) is 12.3 Å². The Labute approximate surface area is 214 Å². The molecule has 12 heteroatoms. The number of nitrogens with zero attached hydrogens (tertiary/aromatic N) is 3. The van der Waals surface area contributed by atoms with Crippen LogP contribution in [0.3, 0.4) is 0 Å². The van der Waals surface area contributed by atoms with Gasteiger partial charge >= 0.3 is 12.1 Å². The average Bonchev–Trinajstić information content (AvgIpc) is 3.29. The number of halogens is 4. The van der Waals surface area contributed by atoms with Gasteiger partial charge in [0.2, 0.25) is 5.95 Å². The van der Waals surface area contributed by atoms with Gasteiger partial charge in [0.15, 0.2) is 0 Å². The van der Waals surface area contributed by atoms with Crippen molar-refractivity contribution in [2.24, 2.45) is 11.3 Å². The van der Waals surface area contributed by atoms with Crippen LogP contribution in [0.25, 0.3) is 10.4 Å². The largest absolute Gasteiger partial charge is 0.469 e. The van der Waals surface area contributed by atoms with E-state index in [-0.39, 0.29) is 17.8 Å². The van der Waals surface area contributed by atoms with E-state index in [1.165, 1.54) is 18.4 Å². The Morgan fingerprint density at radius 3 is 2.69 bits per heavy atom. The van der Waals surface area contributed by atoms with Crippen LogP contribution in [0.4, 0.5) is 24.8 Å². The van der Waals surface area contributed by atoms with Gasteiger partial charge in [-0.3, -0.25) is 4.79 Å². The molecule has 1 aliphatic rings. The van der Waals surface area contributed by atoms with Crippen LogP contribution in [0, 0.1) is 11.3 Å². The maximum absolute atomic E-state index is 13.0. The third-order valence-corrected chi connectivity index (χ3v) is 7.77. The van der Waals surface area contributed by atoms with Gasteiger partial charge in [-0.1, -0.05) is 25.4 Å². The van der Waals surface area contributed by atoms with Crippen LogP contribution in [0.15, 0.2) is 36.7 Å². The highest BCUT2D eigenvalue weighted by Crippen LogP contribution is 2.51. The van der Waals surface area contributed by atoms with Gasteiger partial charge in [-0.05, 0) is 54.5 Å². The van der Waals surface area contributed by atoms with Crippen molar-refractivity contribution in [3.05, 3.63) is 52.4 Å². The van der Waals surface area contributed by atoms with Crippen LogP contribution < -0.4 is 5.32 Å². The Morgan fingerprint density at radius 2 is 2.03 bits per heavy atom. The summed E-state index contributed by atoms with van der Waals surface area (Å²) < 4.78 is 43.9. The molecule has 3 aromatic rings. The maximum atomic E-state index is 13.0. The molecule has 0 radical (unpaired) electrons. The molecule has 2 N–H and O–H groups in total. The molecular weight excluding hydrogens is 517 g/mol. The van der Waals surface area contributed by atoms with Gasteiger partial charge in [-0.2, -0.15) is 13.2 Å². The lowest BCUT2D eigenvalue weighted by atomic mass is 9.63. The first kappa shape index (κ1) is 26.3. The van der Waals surface area contributed by atoms with Gasteiger partial charge in [0.25, 0.3) is 0 Å². The molecule has 1 aromatic carbocycles. The molecule has 4 rings (SSSR count). The third-order valence-electron chi connectivity index (χ3n) is 6.31. The molecule has 1 fully saturated rings. The summed E-state index contributed by atoms with van der Waals surface area (Å²) in [5, 5.41) is 15.1. The van der Waals surface area contributed by atoms with E-state index in [4.69, 9.17) is 16.3 Å². The van der Waals surface area contributed by atoms with Gasteiger partial charge in [-0.15, -0.1) is 11.3 Å². The summed E-state index contributed by atoms with van der Waals surface area (Å²) >= 11 is 7.57. The van der Waals surface area contributed by atoms with Crippen LogP contribution >= 0.6 is 22.9 Å². The van der Waals surface area contributed by atoms with Crippen molar-refractivity contribution >= 4 is 40.5 Å². The van der Waals surface area contributed by atoms with Crippen LogP contribution in [-0.4, -0.2) is 33.1 Å². The second-order valence-electron chi connectivity index (χ2n) is 9.46. The number of ether oxygens (including phenoxy) is 1. The second kappa shape index (κ2) is 9.60. The number of esters is 1. The SMILES string of the molecule is COC(=O)C1CCC(O)(c2ncc(-c3cc(Cl)cc(Nc4nccc(C(F)(F)F)n4)c3)s2)CC1(C)C. The molecule has 0 spiro atoms. The summed E-state index contributed by atoms with van der Waals surface area (Å²) in [5.74, 6) is -0.825. The molecule has 0 aliphatic heterocycles. The topological polar surface area (TPSA) is 97.2 Å². The highest BCUT2D eigenvalue weighted by atomic mass is 35.5. The second-order valence-corrected chi connectivity index (χ2v) is 10.9. The van der Waals surface area contributed by atoms with Crippen LogP contribution in [-0.2, 0) is 21.3 Å². The molecule has 36 heavy (non-hydrogen) atoms. The molecule has 1 saturated carbocycles. The van der Waals surface area contributed by atoms with Crippen molar-refractivity contribution in [3.63, 3.8) is 0 Å². The lowest BCUT2D eigenvalue weighted by Crippen LogP contribution is -2.45. The number of hydrogen-bond acceptors (Lipinski definition) is 8. The molecule has 2 heterocycles. The number of methoxy groups -OCH3 is 1. The molecule has 192 valence electrons. The van der Waals surface area contributed by atoms with E-state index in [1.807, 2.05) is 13.8 Å². The number of carbonyl (C=O) groups excluding carboxylic acids is 1. The van der Waals surface area contributed by atoms with Crippen molar-refractivity contribution < 1.29 is 27.8 Å². The van der Waals surface area contributed by atoms with E-state index in [2.05, 4.69) is 20.3 Å². The first-order valence-electron chi connectivity index (χ1n) is 11.1. The number of aromatic nitrogens is 3. The Balaban J connectivity index is 1.58. The Hall–Kier alpha value is -2.76. The summed E-state index contributed by atoms with van der Waals surface area (Å²) in [4.78, 5) is 24.7. The first-order chi connectivity index (χ1) is 16.8. The van der Waals surface area contributed by atoms with Gasteiger partial charge in [0, 0.05) is 23.1 Å². The van der Waals surface area contributed by atoms with Crippen molar-refractivity contribution in [2.75, 3.05) is 12.4 Å². The fourth-order valence-electron chi connectivity index (χ4n) is 4.63. The molecule has 2 unspecified atom stereocenters. The van der Waals surface area contributed by atoms with Gasteiger partial charge in [-0.25, -0.2) is 15.0 Å². The zero-order valence-electron chi connectivity index (χ0n) is 19.7. The predicted molar refractivity (Wildman–Crippen MR) is 130 cm³/mol. The fraction of sp³-hybridized carbons (Fsp3) is 0.417. The van der Waals surface area contributed by atoms with E-state index in [1.54, 1.807) is 24.4 Å². The van der Waals surface area contributed by atoms with Crippen molar-refractivity contribution in [2.45, 2.75) is 44.9 Å². The Morgan fingerprint density at radius 1 is 1.28 bits per heavy atom. The highest BCUT2D eigenvalue weighted by molar-refractivity contribution is 7.15. The van der Waals surface area contributed by atoms with Gasteiger partial charge in [0.05, 0.1) is 17.9 Å². The quantitative estimate of drug-likeness (QED) is 0.372. The minimum atomic E-state index is -4.59. The number of hydrogen-bond donors (Lipinski definition) is 2. The molecule has 2 aromatic heterocycles. The number of aliphatic hydroxyl groups is 1. The van der Waals surface area contributed by atoms with Crippen LogP contribution in [0.2, 0.25) is 5.02 Å². The van der Waals surface area contributed by atoms with Gasteiger partial charge in [0.1, 0.15) is 16.3 Å². The van der Waals surface area contributed by atoms with Crippen molar-refractivity contribution in [1.82, 2.24) is 15.0 Å². The summed E-state index contributed by atoms with van der Waals surface area (Å²) in [6.07, 6.45) is -0.792. The molecule has 1 aliphatic carbocycles. The zero-order valence-corrected chi connectivity index (χ0v) is 21.3. The van der Waals surface area contributed by atoms with Crippen molar-refractivity contribution in [3.8, 4) is 10.4 Å². The minimum absolute atomic E-state index is 0.220. The number of carbonyl (C=O) groups is 1. The number of nitrogens with one attached hydrogen (secondary N) is 1. The molecule has 0 saturated heterocycles. The van der Waals surface area contributed by atoms with Gasteiger partial charge < -0.3 is 15.2 Å². The van der Waals surface area contributed by atoms with E-state index in [0.29, 0.717) is 45.4 Å². The smallest absolute Gasteiger partial charge is 0.433 e. The molecule has 0 bridgehead atoms. The standard InChI is InChI=1S/C24H24ClF3N4O3S/c1-22(2)12-23(34,6-4-16(22)19(33)35-3)20-30-11-17(36-20)13-8-14(25)10-15(9-13)31-21-29-7-5-18(32-21)24(26,27)28/h5,7-11,16,34H,4,6,12H2,1-3H3,(H,29,31,32). The number of benzene rings is 1. The van der Waals surface area contributed by atoms with Crippen LogP contribution in [0.5, 0.6) is 0 Å². The minimum Gasteiger partial charge on any atom is -0.469 e. The lowest BCUT2D eigenvalue weighted by molar-refractivity contribution is -0.157. The molecular formula is C24H24ClF3N4O3S. The number of anilines is 2. The van der Waals surface area contributed by atoms with E-state index in [9.17, 15) is 23.1 Å². The molecule has 0 amide bonds. The van der Waals surface area contributed by atoms with Crippen LogP contribution in [0.1, 0.15) is 43.8 Å². The normalized spacial score (nSPS) is 21.7.